The highest BCUT2D eigenvalue weighted by Crippen LogP contribution is 2.21. The van der Waals surface area contributed by atoms with E-state index >= 15 is 0 Å². The van der Waals surface area contributed by atoms with Crippen molar-refractivity contribution in [2.24, 2.45) is 0 Å². The molecule has 0 bridgehead atoms. The maximum Gasteiger partial charge on any atom is 0.255 e. The molecule has 0 fully saturated rings. The minimum Gasteiger partial charge on any atom is -0.488 e. The summed E-state index contributed by atoms with van der Waals surface area (Å²) in [6.45, 7) is 4.30. The van der Waals surface area contributed by atoms with Crippen LogP contribution in [0.15, 0.2) is 61.2 Å². The summed E-state index contributed by atoms with van der Waals surface area (Å²) in [5.74, 6) is 0.337. The molecule has 0 heterocycles. The van der Waals surface area contributed by atoms with Gasteiger partial charge in [-0.25, -0.2) is 0 Å². The van der Waals surface area contributed by atoms with Gasteiger partial charge in [-0.1, -0.05) is 48.0 Å². The van der Waals surface area contributed by atoms with Crippen LogP contribution in [0.5, 0.6) is 5.75 Å². The molecule has 0 saturated carbocycles. The summed E-state index contributed by atoms with van der Waals surface area (Å²) < 4.78 is 5.73. The van der Waals surface area contributed by atoms with Crippen molar-refractivity contribution in [3.63, 3.8) is 0 Å². The van der Waals surface area contributed by atoms with Crippen molar-refractivity contribution in [2.45, 2.75) is 6.61 Å². The molecule has 0 saturated heterocycles. The Bertz CT molecular complexity index is 640. The van der Waals surface area contributed by atoms with Crippen molar-refractivity contribution in [3.05, 3.63) is 77.3 Å². The first-order valence-corrected chi connectivity index (χ1v) is 6.94. The zero-order valence-electron chi connectivity index (χ0n) is 11.5. The number of nitrogens with one attached hydrogen (secondary N) is 1. The molecule has 0 aromatic heterocycles. The fraction of sp³-hybridized carbons (Fsp3) is 0.118. The molecule has 0 aliphatic rings. The Kier molecular flexibility index (Phi) is 5.41. The van der Waals surface area contributed by atoms with Crippen LogP contribution in [-0.2, 0) is 6.61 Å². The first-order chi connectivity index (χ1) is 10.2. The van der Waals surface area contributed by atoms with Crippen molar-refractivity contribution in [1.29, 1.82) is 0 Å². The second-order valence-corrected chi connectivity index (χ2v) is 4.78. The SMILES string of the molecule is C=CCNC(=O)c1ccccc1OCc1ccccc1Cl. The van der Waals surface area contributed by atoms with E-state index in [9.17, 15) is 4.79 Å². The third-order valence-electron chi connectivity index (χ3n) is 2.88. The van der Waals surface area contributed by atoms with E-state index in [2.05, 4.69) is 11.9 Å². The Hall–Kier alpha value is -2.26. The molecule has 0 atom stereocenters. The molecule has 0 unspecified atom stereocenters. The van der Waals surface area contributed by atoms with E-state index in [-0.39, 0.29) is 5.91 Å². The second-order valence-electron chi connectivity index (χ2n) is 4.37. The monoisotopic (exact) mass is 301 g/mol. The first-order valence-electron chi connectivity index (χ1n) is 6.56. The molecule has 2 rings (SSSR count). The molecule has 0 aliphatic carbocycles. The highest BCUT2D eigenvalue weighted by Gasteiger charge is 2.11. The van der Waals surface area contributed by atoms with E-state index in [4.69, 9.17) is 16.3 Å². The Morgan fingerprint density at radius 2 is 1.90 bits per heavy atom. The van der Waals surface area contributed by atoms with Crippen molar-refractivity contribution in [2.75, 3.05) is 6.54 Å². The lowest BCUT2D eigenvalue weighted by Gasteiger charge is -2.12. The van der Waals surface area contributed by atoms with Crippen LogP contribution in [0.3, 0.4) is 0 Å². The van der Waals surface area contributed by atoms with Gasteiger partial charge in [0, 0.05) is 17.1 Å². The Morgan fingerprint density at radius 1 is 1.19 bits per heavy atom. The smallest absolute Gasteiger partial charge is 0.255 e. The fourth-order valence-corrected chi connectivity index (χ4v) is 2.00. The largest absolute Gasteiger partial charge is 0.488 e. The molecule has 4 heteroatoms. The highest BCUT2D eigenvalue weighted by atomic mass is 35.5. The van der Waals surface area contributed by atoms with E-state index in [1.807, 2.05) is 30.3 Å². The fourth-order valence-electron chi connectivity index (χ4n) is 1.81. The topological polar surface area (TPSA) is 38.3 Å². The number of halogens is 1. The van der Waals surface area contributed by atoms with Gasteiger partial charge >= 0.3 is 0 Å². The Labute approximate surface area is 129 Å². The summed E-state index contributed by atoms with van der Waals surface area (Å²) in [5.41, 5.74) is 1.37. The maximum atomic E-state index is 12.0. The van der Waals surface area contributed by atoms with E-state index in [0.29, 0.717) is 29.5 Å². The molecule has 2 aromatic rings. The molecule has 1 amide bonds. The molecule has 3 nitrogen and oxygen atoms in total. The lowest BCUT2D eigenvalue weighted by molar-refractivity contribution is 0.0953. The molecule has 2 aromatic carbocycles. The van der Waals surface area contributed by atoms with Gasteiger partial charge in [0.15, 0.2) is 0 Å². The van der Waals surface area contributed by atoms with Gasteiger partial charge in [0.25, 0.3) is 5.91 Å². The number of carbonyl (C=O) groups excluding carboxylic acids is 1. The molecule has 0 aliphatic heterocycles. The van der Waals surface area contributed by atoms with Gasteiger partial charge in [0.1, 0.15) is 12.4 Å². The summed E-state index contributed by atoms with van der Waals surface area (Å²) in [6, 6.07) is 14.6. The van der Waals surface area contributed by atoms with Crippen LogP contribution in [0.1, 0.15) is 15.9 Å². The van der Waals surface area contributed by atoms with Gasteiger partial charge in [0.05, 0.1) is 5.56 Å². The lowest BCUT2D eigenvalue weighted by Crippen LogP contribution is -2.23. The van der Waals surface area contributed by atoms with Gasteiger partial charge in [-0.2, -0.15) is 0 Å². The summed E-state index contributed by atoms with van der Waals surface area (Å²) >= 11 is 6.09. The van der Waals surface area contributed by atoms with Crippen LogP contribution in [0, 0.1) is 0 Å². The minimum absolute atomic E-state index is 0.190. The van der Waals surface area contributed by atoms with Gasteiger partial charge in [-0.05, 0) is 18.2 Å². The number of ether oxygens (including phenoxy) is 1. The van der Waals surface area contributed by atoms with E-state index in [1.165, 1.54) is 0 Å². The predicted molar refractivity (Wildman–Crippen MR) is 84.8 cm³/mol. The number of rotatable bonds is 6. The zero-order chi connectivity index (χ0) is 15.1. The summed E-state index contributed by atoms with van der Waals surface area (Å²) in [5, 5.41) is 3.38. The molecule has 108 valence electrons. The first kappa shape index (κ1) is 15.1. The third kappa shape index (κ3) is 4.10. The van der Waals surface area contributed by atoms with E-state index < -0.39 is 0 Å². The third-order valence-corrected chi connectivity index (χ3v) is 3.25. The van der Waals surface area contributed by atoms with Crippen LogP contribution in [0.4, 0.5) is 0 Å². The zero-order valence-corrected chi connectivity index (χ0v) is 12.3. The van der Waals surface area contributed by atoms with Crippen LogP contribution in [-0.4, -0.2) is 12.5 Å². The van der Waals surface area contributed by atoms with Gasteiger partial charge in [0.2, 0.25) is 0 Å². The van der Waals surface area contributed by atoms with Gasteiger partial charge in [-0.15, -0.1) is 6.58 Å². The van der Waals surface area contributed by atoms with E-state index in [1.54, 1.807) is 24.3 Å². The summed E-state index contributed by atoms with van der Waals surface area (Å²) in [4.78, 5) is 12.0. The molecule has 21 heavy (non-hydrogen) atoms. The van der Waals surface area contributed by atoms with Crippen LogP contribution >= 0.6 is 11.6 Å². The molecule has 1 N–H and O–H groups in total. The number of hydrogen-bond acceptors (Lipinski definition) is 2. The van der Waals surface area contributed by atoms with Crippen LogP contribution < -0.4 is 10.1 Å². The molecule has 0 spiro atoms. The lowest BCUT2D eigenvalue weighted by atomic mass is 10.2. The number of amides is 1. The number of hydrogen-bond donors (Lipinski definition) is 1. The quantitative estimate of drug-likeness (QED) is 0.823. The number of carbonyl (C=O) groups is 1. The van der Waals surface area contributed by atoms with Crippen molar-refractivity contribution in [3.8, 4) is 5.75 Å². The minimum atomic E-state index is -0.190. The standard InChI is InChI=1S/C17H16ClNO2/c1-2-11-19-17(20)14-8-4-6-10-16(14)21-12-13-7-3-5-9-15(13)18/h2-10H,1,11-12H2,(H,19,20). The summed E-state index contributed by atoms with van der Waals surface area (Å²) in [7, 11) is 0. The van der Waals surface area contributed by atoms with Crippen LogP contribution in [0.25, 0.3) is 0 Å². The normalized spacial score (nSPS) is 9.95. The van der Waals surface area contributed by atoms with Gasteiger partial charge in [-0.3, -0.25) is 4.79 Å². The number of benzene rings is 2. The van der Waals surface area contributed by atoms with Crippen LogP contribution in [0.2, 0.25) is 5.02 Å². The summed E-state index contributed by atoms with van der Waals surface area (Å²) in [6.07, 6.45) is 1.63. The molecule has 0 radical (unpaired) electrons. The Morgan fingerprint density at radius 3 is 2.67 bits per heavy atom. The van der Waals surface area contributed by atoms with Crippen molar-refractivity contribution >= 4 is 17.5 Å². The highest BCUT2D eigenvalue weighted by molar-refractivity contribution is 6.31. The Balaban J connectivity index is 2.11. The maximum absolute atomic E-state index is 12.0. The average molecular weight is 302 g/mol. The molecular weight excluding hydrogens is 286 g/mol. The van der Waals surface area contributed by atoms with Crippen molar-refractivity contribution < 1.29 is 9.53 Å². The van der Waals surface area contributed by atoms with E-state index in [0.717, 1.165) is 5.56 Å². The second kappa shape index (κ2) is 7.50. The molecular formula is C17H16ClNO2. The van der Waals surface area contributed by atoms with Gasteiger partial charge < -0.3 is 10.1 Å². The predicted octanol–water partition coefficient (Wildman–Crippen LogP) is 3.83. The van der Waals surface area contributed by atoms with Crippen molar-refractivity contribution in [1.82, 2.24) is 5.32 Å². The number of para-hydroxylation sites is 1. The average Bonchev–Trinajstić information content (AvgIpc) is 2.52.